The van der Waals surface area contributed by atoms with E-state index in [1.807, 2.05) is 13.2 Å². The molecule has 2 N–H and O–H groups in total. The molecule has 5 rings (SSSR count). The van der Waals surface area contributed by atoms with Gasteiger partial charge in [-0.2, -0.15) is 0 Å². The minimum atomic E-state index is 0.181. The lowest BCUT2D eigenvalue weighted by Crippen LogP contribution is -2.46. The lowest BCUT2D eigenvalue weighted by molar-refractivity contribution is -0.00547. The Labute approximate surface area is 171 Å². The fourth-order valence-corrected chi connectivity index (χ4v) is 5.39. The molecule has 3 fully saturated rings. The summed E-state index contributed by atoms with van der Waals surface area (Å²) in [6, 6.07) is 2.81. The number of hydrogen-bond donors (Lipinski definition) is 2. The van der Waals surface area contributed by atoms with Crippen LogP contribution in [0, 0.1) is 12.8 Å². The molecule has 29 heavy (non-hydrogen) atoms. The topological polar surface area (TPSA) is 88.3 Å². The van der Waals surface area contributed by atoms with Gasteiger partial charge in [0.2, 0.25) is 0 Å². The number of nitrogens with one attached hydrogen (secondary N) is 2. The van der Waals surface area contributed by atoms with Gasteiger partial charge in [-0.05, 0) is 51.9 Å². The minimum Gasteiger partial charge on any atom is -0.372 e. The van der Waals surface area contributed by atoms with Crippen LogP contribution in [0.15, 0.2) is 23.2 Å². The fraction of sp³-hybridized carbons (Fsp3) is 0.667. The molecule has 0 aromatic carbocycles. The van der Waals surface area contributed by atoms with Crippen molar-refractivity contribution < 1.29 is 9.26 Å². The maximum Gasteiger partial charge on any atom is 0.132 e. The van der Waals surface area contributed by atoms with Gasteiger partial charge in [-0.25, -0.2) is 15.4 Å². The maximum atomic E-state index is 5.88. The molecule has 2 aliphatic heterocycles. The number of aromatic nitrogens is 3. The van der Waals surface area contributed by atoms with Crippen LogP contribution in [0.2, 0.25) is 0 Å². The summed E-state index contributed by atoms with van der Waals surface area (Å²) in [5.41, 5.74) is 10.4. The van der Waals surface area contributed by atoms with Crippen molar-refractivity contribution in [3.63, 3.8) is 0 Å². The van der Waals surface area contributed by atoms with E-state index in [9.17, 15) is 0 Å². The van der Waals surface area contributed by atoms with Crippen LogP contribution in [0.5, 0.6) is 0 Å². The Balaban J connectivity index is 1.36. The Hall–Kier alpha value is -2.03. The Morgan fingerprint density at radius 3 is 2.69 bits per heavy atom. The summed E-state index contributed by atoms with van der Waals surface area (Å²) in [5.74, 6) is 1.96. The number of morpholine rings is 1. The summed E-state index contributed by atoms with van der Waals surface area (Å²) in [5, 5.41) is 4.09. The van der Waals surface area contributed by atoms with Crippen molar-refractivity contribution in [2.24, 2.45) is 5.92 Å². The van der Waals surface area contributed by atoms with E-state index >= 15 is 0 Å². The molecule has 0 bridgehead atoms. The van der Waals surface area contributed by atoms with Crippen LogP contribution in [-0.2, 0) is 4.74 Å². The molecule has 0 spiro atoms. The van der Waals surface area contributed by atoms with Crippen molar-refractivity contribution in [2.45, 2.75) is 70.2 Å². The summed E-state index contributed by atoms with van der Waals surface area (Å²) >= 11 is 0. The second-order valence-electron chi connectivity index (χ2n) is 8.87. The number of hydrogen-bond acceptors (Lipinski definition) is 8. The highest BCUT2D eigenvalue weighted by Gasteiger charge is 2.42. The molecule has 2 saturated heterocycles. The van der Waals surface area contributed by atoms with Gasteiger partial charge in [-0.1, -0.05) is 5.16 Å². The normalized spacial score (nSPS) is 34.9. The number of rotatable bonds is 3. The largest absolute Gasteiger partial charge is 0.372 e. The molecule has 1 saturated carbocycles. The number of hydrazine groups is 1. The monoisotopic (exact) mass is 398 g/mol. The molecular weight excluding hydrogens is 368 g/mol. The molecule has 2 aromatic heterocycles. The number of aryl methyl sites for hydroxylation is 1. The van der Waals surface area contributed by atoms with Crippen LogP contribution >= 0.6 is 0 Å². The second-order valence-corrected chi connectivity index (χ2v) is 8.87. The van der Waals surface area contributed by atoms with Crippen molar-refractivity contribution in [1.29, 1.82) is 0 Å². The van der Waals surface area contributed by atoms with Crippen LogP contribution in [0.4, 0.5) is 5.82 Å². The van der Waals surface area contributed by atoms with E-state index in [-0.39, 0.29) is 18.2 Å². The molecule has 0 amide bonds. The summed E-state index contributed by atoms with van der Waals surface area (Å²) in [7, 11) is 0. The fourth-order valence-electron chi connectivity index (χ4n) is 5.39. The molecule has 4 unspecified atom stereocenters. The smallest absolute Gasteiger partial charge is 0.132 e. The van der Waals surface area contributed by atoms with Crippen molar-refractivity contribution in [3.8, 4) is 0 Å². The van der Waals surface area contributed by atoms with E-state index in [1.54, 1.807) is 6.33 Å². The van der Waals surface area contributed by atoms with Gasteiger partial charge in [0.15, 0.2) is 0 Å². The van der Waals surface area contributed by atoms with Gasteiger partial charge in [-0.15, -0.1) is 0 Å². The summed E-state index contributed by atoms with van der Waals surface area (Å²) in [6.45, 7) is 7.99. The standard InChI is InChI=1S/C21H30N6O2/c1-12-8-27(9-13(2)29-12)20-7-19(22-11-23-20)21-16-6-15(4-5-18(16)24-25-21)17-10-28-26-14(17)3/h7,10-13,15-16,18,21,24-25H,4-6,8-9H2,1-3H3/t12-,13+,15?,16?,18?,21?. The van der Waals surface area contributed by atoms with Gasteiger partial charge in [-0.3, -0.25) is 5.43 Å². The highest BCUT2D eigenvalue weighted by molar-refractivity contribution is 5.41. The molecule has 6 atom stereocenters. The zero-order valence-electron chi connectivity index (χ0n) is 17.3. The van der Waals surface area contributed by atoms with Crippen molar-refractivity contribution in [1.82, 2.24) is 26.0 Å². The molecule has 2 aromatic rings. The Kier molecular flexibility index (Phi) is 5.01. The lowest BCUT2D eigenvalue weighted by atomic mass is 9.73. The zero-order valence-corrected chi connectivity index (χ0v) is 17.3. The Morgan fingerprint density at radius 2 is 1.93 bits per heavy atom. The minimum absolute atomic E-state index is 0.181. The molecule has 3 aliphatic rings. The van der Waals surface area contributed by atoms with Gasteiger partial charge < -0.3 is 14.2 Å². The SMILES string of the molecule is Cc1nocc1C1CCC2NNC(c3cc(N4C[C@@H](C)O[C@@H](C)C4)ncn3)C2C1. The van der Waals surface area contributed by atoms with Crippen molar-refractivity contribution in [3.05, 3.63) is 35.6 Å². The van der Waals surface area contributed by atoms with Crippen LogP contribution < -0.4 is 15.8 Å². The third-order valence-corrected chi connectivity index (χ3v) is 6.71. The zero-order chi connectivity index (χ0) is 20.0. The summed E-state index contributed by atoms with van der Waals surface area (Å²) in [6.07, 6.45) is 7.34. The Morgan fingerprint density at radius 1 is 1.10 bits per heavy atom. The van der Waals surface area contributed by atoms with Crippen molar-refractivity contribution >= 4 is 5.82 Å². The average Bonchev–Trinajstić information content (AvgIpc) is 3.33. The van der Waals surface area contributed by atoms with E-state index in [2.05, 4.69) is 50.8 Å². The van der Waals surface area contributed by atoms with Gasteiger partial charge >= 0.3 is 0 Å². The van der Waals surface area contributed by atoms with Gasteiger partial charge in [0.25, 0.3) is 0 Å². The highest BCUT2D eigenvalue weighted by Crippen LogP contribution is 2.44. The van der Waals surface area contributed by atoms with E-state index in [0.29, 0.717) is 17.9 Å². The van der Waals surface area contributed by atoms with E-state index in [1.165, 1.54) is 5.56 Å². The van der Waals surface area contributed by atoms with Gasteiger partial charge in [0, 0.05) is 30.8 Å². The van der Waals surface area contributed by atoms with Crippen LogP contribution in [0.1, 0.15) is 62.0 Å². The van der Waals surface area contributed by atoms with Gasteiger partial charge in [0.05, 0.1) is 29.6 Å². The lowest BCUT2D eigenvalue weighted by Gasteiger charge is -2.36. The van der Waals surface area contributed by atoms with E-state index in [4.69, 9.17) is 9.26 Å². The molecule has 4 heterocycles. The molecule has 8 nitrogen and oxygen atoms in total. The second kappa shape index (κ2) is 7.66. The van der Waals surface area contributed by atoms with Crippen LogP contribution in [-0.4, -0.2) is 46.5 Å². The number of fused-ring (bicyclic) bond motifs is 1. The third kappa shape index (κ3) is 3.65. The predicted molar refractivity (Wildman–Crippen MR) is 108 cm³/mol. The quantitative estimate of drug-likeness (QED) is 0.815. The first-order valence-electron chi connectivity index (χ1n) is 10.7. The van der Waals surface area contributed by atoms with Gasteiger partial charge in [0.1, 0.15) is 18.4 Å². The first-order valence-corrected chi connectivity index (χ1v) is 10.7. The maximum absolute atomic E-state index is 5.88. The number of nitrogens with zero attached hydrogens (tertiary/aromatic N) is 4. The van der Waals surface area contributed by atoms with E-state index in [0.717, 1.165) is 49.6 Å². The number of ether oxygens (including phenoxy) is 1. The van der Waals surface area contributed by atoms with Crippen LogP contribution in [0.25, 0.3) is 0 Å². The van der Waals surface area contributed by atoms with E-state index < -0.39 is 0 Å². The summed E-state index contributed by atoms with van der Waals surface area (Å²) < 4.78 is 11.1. The Bertz CT molecular complexity index is 847. The molecule has 1 aliphatic carbocycles. The predicted octanol–water partition coefficient (Wildman–Crippen LogP) is 2.49. The summed E-state index contributed by atoms with van der Waals surface area (Å²) in [4.78, 5) is 11.5. The first kappa shape index (κ1) is 19.0. The average molecular weight is 399 g/mol. The van der Waals surface area contributed by atoms with Crippen LogP contribution in [0.3, 0.4) is 0 Å². The third-order valence-electron chi connectivity index (χ3n) is 6.71. The molecule has 0 radical (unpaired) electrons. The molecular formula is C21H30N6O2. The highest BCUT2D eigenvalue weighted by atomic mass is 16.5. The molecule has 156 valence electrons. The molecule has 8 heteroatoms. The first-order chi connectivity index (χ1) is 14.1. The van der Waals surface area contributed by atoms with Crippen molar-refractivity contribution in [2.75, 3.05) is 18.0 Å². The number of anilines is 1.